The van der Waals surface area contributed by atoms with E-state index in [0.29, 0.717) is 10.6 Å². The van der Waals surface area contributed by atoms with Crippen molar-refractivity contribution in [2.24, 2.45) is 0 Å². The molecule has 0 bridgehead atoms. The minimum Gasteiger partial charge on any atom is -0.352 e. The van der Waals surface area contributed by atoms with Gasteiger partial charge in [-0.25, -0.2) is 8.42 Å². The number of benzene rings is 3. The van der Waals surface area contributed by atoms with Crippen molar-refractivity contribution in [3.63, 3.8) is 0 Å². The largest absolute Gasteiger partial charge is 0.416 e. The fourth-order valence-electron chi connectivity index (χ4n) is 5.60. The van der Waals surface area contributed by atoms with Crippen molar-refractivity contribution in [3.8, 4) is 0 Å². The average molecular weight is 699 g/mol. The number of carbonyl (C=O) groups excluding carboxylic acids is 2. The first kappa shape index (κ1) is 35.6. The van der Waals surface area contributed by atoms with Gasteiger partial charge in [0.2, 0.25) is 21.8 Å². The maximum Gasteiger partial charge on any atom is 0.416 e. The Labute approximate surface area is 277 Å². The van der Waals surface area contributed by atoms with Gasteiger partial charge in [0.15, 0.2) is 0 Å². The number of nitrogens with zero attached hydrogens (tertiary/aromatic N) is 2. The molecule has 0 aromatic heterocycles. The van der Waals surface area contributed by atoms with Crippen LogP contribution in [0.1, 0.15) is 55.2 Å². The maximum absolute atomic E-state index is 14.0. The molecule has 1 aliphatic rings. The number of rotatable bonds is 13. The monoisotopic (exact) mass is 697 g/mol. The van der Waals surface area contributed by atoms with Crippen LogP contribution in [0.5, 0.6) is 0 Å². The molecule has 0 aliphatic heterocycles. The van der Waals surface area contributed by atoms with E-state index in [1.807, 2.05) is 30.3 Å². The first-order chi connectivity index (χ1) is 21.7. The molecule has 1 aliphatic carbocycles. The van der Waals surface area contributed by atoms with Gasteiger partial charge in [-0.3, -0.25) is 13.9 Å². The van der Waals surface area contributed by atoms with Crippen molar-refractivity contribution in [3.05, 3.63) is 99.5 Å². The van der Waals surface area contributed by atoms with Gasteiger partial charge in [-0.15, -0.1) is 0 Å². The summed E-state index contributed by atoms with van der Waals surface area (Å²) in [6.07, 6.45) is -0.0145. The van der Waals surface area contributed by atoms with Crippen molar-refractivity contribution < 1.29 is 31.2 Å². The molecule has 0 spiro atoms. The van der Waals surface area contributed by atoms with E-state index < -0.39 is 33.7 Å². The Kier molecular flexibility index (Phi) is 12.0. The number of carbonyl (C=O) groups is 2. The Balaban J connectivity index is 1.61. The van der Waals surface area contributed by atoms with Crippen molar-refractivity contribution in [1.29, 1.82) is 0 Å². The normalized spacial score (nSPS) is 14.6. The average Bonchev–Trinajstić information content (AvgIpc) is 3.51. The molecule has 0 saturated heterocycles. The highest BCUT2D eigenvalue weighted by atomic mass is 35.5. The zero-order chi connectivity index (χ0) is 33.5. The Morgan fingerprint density at radius 1 is 0.935 bits per heavy atom. The molecule has 7 nitrogen and oxygen atoms in total. The van der Waals surface area contributed by atoms with E-state index in [9.17, 15) is 31.2 Å². The summed E-state index contributed by atoms with van der Waals surface area (Å²) in [7, 11) is -3.99. The van der Waals surface area contributed by atoms with Gasteiger partial charge in [0, 0.05) is 32.0 Å². The van der Waals surface area contributed by atoms with E-state index in [1.54, 1.807) is 18.2 Å². The van der Waals surface area contributed by atoms with Crippen LogP contribution in [0.2, 0.25) is 10.0 Å². The summed E-state index contributed by atoms with van der Waals surface area (Å²) >= 11 is 12.4. The lowest BCUT2D eigenvalue weighted by Gasteiger charge is -2.33. The molecule has 3 aromatic rings. The lowest BCUT2D eigenvalue weighted by molar-refractivity contribution is -0.141. The van der Waals surface area contributed by atoms with E-state index >= 15 is 0 Å². The fraction of sp³-hybridized carbons (Fsp3) is 0.394. The molecule has 1 atom stereocenters. The molecule has 4 rings (SSSR count). The SMILES string of the molecule is CS(=O)(=O)N(CCCC(=O)N(Cc1ccc(Cl)c(Cl)c1)C(Cc1ccccc1)C(=O)NC1CCCC1)c1cccc(C(F)(F)F)c1. The minimum atomic E-state index is -4.66. The number of halogens is 5. The molecule has 46 heavy (non-hydrogen) atoms. The zero-order valence-electron chi connectivity index (χ0n) is 25.3. The summed E-state index contributed by atoms with van der Waals surface area (Å²) in [5.41, 5.74) is 0.333. The van der Waals surface area contributed by atoms with E-state index in [4.69, 9.17) is 23.2 Å². The quantitative estimate of drug-likeness (QED) is 0.204. The van der Waals surface area contributed by atoms with Crippen LogP contribution in [0.3, 0.4) is 0 Å². The highest BCUT2D eigenvalue weighted by Gasteiger charge is 2.33. The van der Waals surface area contributed by atoms with Gasteiger partial charge in [-0.1, -0.05) is 78.5 Å². The smallest absolute Gasteiger partial charge is 0.352 e. The number of hydrogen-bond donors (Lipinski definition) is 1. The molecule has 1 saturated carbocycles. The summed E-state index contributed by atoms with van der Waals surface area (Å²) in [5.74, 6) is -0.725. The summed E-state index contributed by atoms with van der Waals surface area (Å²) in [6.45, 7) is -0.223. The Morgan fingerprint density at radius 3 is 2.26 bits per heavy atom. The van der Waals surface area contributed by atoms with Gasteiger partial charge < -0.3 is 10.2 Å². The van der Waals surface area contributed by atoms with Gasteiger partial charge in [0.05, 0.1) is 27.6 Å². The van der Waals surface area contributed by atoms with Crippen LogP contribution in [0.4, 0.5) is 18.9 Å². The Hall–Kier alpha value is -3.28. The molecular weight excluding hydrogens is 662 g/mol. The molecule has 248 valence electrons. The molecule has 0 radical (unpaired) electrons. The number of nitrogens with one attached hydrogen (secondary N) is 1. The second-order valence-electron chi connectivity index (χ2n) is 11.5. The molecule has 0 heterocycles. The number of alkyl halides is 3. The summed E-state index contributed by atoms with van der Waals surface area (Å²) in [4.78, 5) is 29.3. The van der Waals surface area contributed by atoms with Crippen LogP contribution in [0.15, 0.2) is 72.8 Å². The third-order valence-corrected chi connectivity index (χ3v) is 9.86. The highest BCUT2D eigenvalue weighted by Crippen LogP contribution is 2.32. The third-order valence-electron chi connectivity index (χ3n) is 7.92. The second-order valence-corrected chi connectivity index (χ2v) is 14.2. The lowest BCUT2D eigenvalue weighted by atomic mass is 10.0. The fourth-order valence-corrected chi connectivity index (χ4v) is 6.88. The highest BCUT2D eigenvalue weighted by molar-refractivity contribution is 7.92. The lowest BCUT2D eigenvalue weighted by Crippen LogP contribution is -2.52. The van der Waals surface area contributed by atoms with Crippen LogP contribution in [-0.2, 0) is 38.8 Å². The third kappa shape index (κ3) is 9.86. The first-order valence-corrected chi connectivity index (χ1v) is 17.6. The molecular formula is C33H36Cl2F3N3O4S. The molecule has 2 amide bonds. The van der Waals surface area contributed by atoms with Crippen molar-refractivity contribution in [2.75, 3.05) is 17.1 Å². The van der Waals surface area contributed by atoms with Crippen LogP contribution in [0.25, 0.3) is 0 Å². The molecule has 1 N–H and O–H groups in total. The maximum atomic E-state index is 14.0. The van der Waals surface area contributed by atoms with E-state index in [1.165, 1.54) is 11.0 Å². The topological polar surface area (TPSA) is 86.8 Å². The van der Waals surface area contributed by atoms with Gasteiger partial charge in [-0.05, 0) is 60.7 Å². The van der Waals surface area contributed by atoms with Gasteiger partial charge in [-0.2, -0.15) is 13.2 Å². The van der Waals surface area contributed by atoms with Crippen LogP contribution in [-0.4, -0.2) is 50.0 Å². The Bertz CT molecular complexity index is 1620. The summed E-state index contributed by atoms with van der Waals surface area (Å²) in [5, 5.41) is 3.73. The van der Waals surface area contributed by atoms with Crippen LogP contribution in [0, 0.1) is 0 Å². The summed E-state index contributed by atoms with van der Waals surface area (Å²) in [6, 6.07) is 17.4. The van der Waals surface area contributed by atoms with Crippen molar-refractivity contribution >= 4 is 50.7 Å². The Morgan fingerprint density at radius 2 is 1.63 bits per heavy atom. The molecule has 13 heteroatoms. The molecule has 1 fully saturated rings. The minimum absolute atomic E-state index is 0.00322. The summed E-state index contributed by atoms with van der Waals surface area (Å²) < 4.78 is 66.2. The van der Waals surface area contributed by atoms with Crippen LogP contribution < -0.4 is 9.62 Å². The van der Waals surface area contributed by atoms with Gasteiger partial charge in [0.1, 0.15) is 6.04 Å². The van der Waals surface area contributed by atoms with E-state index in [0.717, 1.165) is 60.0 Å². The van der Waals surface area contributed by atoms with Crippen molar-refractivity contribution in [2.45, 2.75) is 69.8 Å². The van der Waals surface area contributed by atoms with Crippen LogP contribution >= 0.6 is 23.2 Å². The number of sulfonamides is 1. The standard InChI is InChI=1S/C33H36Cl2F3N3O4S/c1-46(44,45)41(27-14-7-11-25(21-27)33(36,37)38)18-8-15-31(42)40(22-24-16-17-28(34)29(35)19-24)30(20-23-9-3-2-4-10-23)32(43)39-26-12-5-6-13-26/h2-4,7,9-11,14,16-17,19,21,26,30H,5-6,8,12-13,15,18,20,22H2,1H3,(H,39,43). The van der Waals surface area contributed by atoms with Gasteiger partial charge in [0.25, 0.3) is 0 Å². The van der Waals surface area contributed by atoms with E-state index in [-0.39, 0.29) is 55.0 Å². The number of hydrogen-bond acceptors (Lipinski definition) is 4. The zero-order valence-corrected chi connectivity index (χ0v) is 27.6. The number of amides is 2. The predicted molar refractivity (Wildman–Crippen MR) is 174 cm³/mol. The number of anilines is 1. The molecule has 3 aromatic carbocycles. The van der Waals surface area contributed by atoms with Gasteiger partial charge >= 0.3 is 6.18 Å². The molecule has 1 unspecified atom stereocenters. The van der Waals surface area contributed by atoms with E-state index in [2.05, 4.69) is 5.32 Å². The first-order valence-electron chi connectivity index (χ1n) is 14.9. The van der Waals surface area contributed by atoms with Crippen molar-refractivity contribution in [1.82, 2.24) is 10.2 Å². The second kappa shape index (κ2) is 15.5. The predicted octanol–water partition coefficient (Wildman–Crippen LogP) is 7.26.